The van der Waals surface area contributed by atoms with E-state index in [9.17, 15) is 4.79 Å². The van der Waals surface area contributed by atoms with Gasteiger partial charge in [-0.2, -0.15) is 0 Å². The van der Waals surface area contributed by atoms with Gasteiger partial charge in [0.05, 0.1) is 23.4 Å². The van der Waals surface area contributed by atoms with Crippen molar-refractivity contribution in [3.8, 4) is 0 Å². The molecule has 0 N–H and O–H groups in total. The molecule has 0 radical (unpaired) electrons. The van der Waals surface area contributed by atoms with Gasteiger partial charge in [0.1, 0.15) is 0 Å². The molecule has 4 rings (SSSR count). The molecule has 1 aliphatic heterocycles. The van der Waals surface area contributed by atoms with Crippen LogP contribution in [-0.2, 0) is 9.53 Å². The molecule has 5 nitrogen and oxygen atoms in total. The van der Waals surface area contributed by atoms with E-state index in [2.05, 4.69) is 55.1 Å². The predicted octanol–water partition coefficient (Wildman–Crippen LogP) is 5.96. The molecule has 0 saturated carbocycles. The van der Waals surface area contributed by atoms with Crippen LogP contribution >= 0.6 is 35.5 Å². The molecule has 3 aromatic rings. The number of thiazole rings is 1. The Morgan fingerprint density at radius 3 is 2.68 bits per heavy atom. The molecule has 184 valence electrons. The number of thioether (sulfide) groups is 1. The number of nitrogens with zero attached hydrogens (tertiary/aromatic N) is 3. The number of anilines is 1. The summed E-state index contributed by atoms with van der Waals surface area (Å²) in [7, 11) is 0. The summed E-state index contributed by atoms with van der Waals surface area (Å²) in [6.07, 6.45) is 2.35. The lowest BCUT2D eigenvalue weighted by atomic mass is 10.1. The molecule has 1 fully saturated rings. The van der Waals surface area contributed by atoms with Crippen LogP contribution in [0.15, 0.2) is 47.4 Å². The van der Waals surface area contributed by atoms with Crippen molar-refractivity contribution in [2.75, 3.05) is 50.0 Å². The van der Waals surface area contributed by atoms with Gasteiger partial charge < -0.3 is 4.74 Å². The molecule has 1 aromatic heterocycles. The first-order valence-electron chi connectivity index (χ1n) is 11.8. The second-order valence-electron chi connectivity index (χ2n) is 8.54. The Morgan fingerprint density at radius 2 is 1.91 bits per heavy atom. The maximum Gasteiger partial charge on any atom is 0.228 e. The molecule has 0 aliphatic carbocycles. The van der Waals surface area contributed by atoms with Crippen molar-refractivity contribution in [1.29, 1.82) is 0 Å². The van der Waals surface area contributed by atoms with Crippen molar-refractivity contribution < 1.29 is 9.53 Å². The Bertz CT molecular complexity index is 1050. The molecule has 2 aromatic carbocycles. The fraction of sp³-hybridized carbons (Fsp3) is 0.462. The first kappa shape index (κ1) is 27.0. The van der Waals surface area contributed by atoms with Crippen LogP contribution < -0.4 is 4.90 Å². The Labute approximate surface area is 217 Å². The standard InChI is InChI=1S/C26H33N3O2S2.ClH/c1-20-18-21(2)25-23(19-20)33-26(27-25)29(12-7-11-28-13-15-31-16-14-28)24(30)10-6-17-32-22-8-4-3-5-9-22;/h3-5,8-9,18-19H,6-7,10-17H2,1-2H3;1H. The molecule has 8 heteroatoms. The third-order valence-electron chi connectivity index (χ3n) is 5.86. The van der Waals surface area contributed by atoms with E-state index >= 15 is 0 Å². The van der Waals surface area contributed by atoms with E-state index in [4.69, 9.17) is 9.72 Å². The Balaban J connectivity index is 0.00000324. The highest BCUT2D eigenvalue weighted by molar-refractivity contribution is 7.99. The third-order valence-corrected chi connectivity index (χ3v) is 7.98. The highest BCUT2D eigenvalue weighted by Crippen LogP contribution is 2.32. The van der Waals surface area contributed by atoms with Crippen LogP contribution in [0.2, 0.25) is 0 Å². The summed E-state index contributed by atoms with van der Waals surface area (Å²) in [5, 5.41) is 0.835. The van der Waals surface area contributed by atoms with Gasteiger partial charge in [-0.05, 0) is 61.8 Å². The number of hydrogen-bond acceptors (Lipinski definition) is 6. The Hall–Kier alpha value is -1.64. The van der Waals surface area contributed by atoms with Crippen LogP contribution in [0, 0.1) is 13.8 Å². The quantitative estimate of drug-likeness (QED) is 0.244. The number of amides is 1. The zero-order chi connectivity index (χ0) is 23.0. The number of aryl methyl sites for hydroxylation is 2. The lowest BCUT2D eigenvalue weighted by Crippen LogP contribution is -2.39. The van der Waals surface area contributed by atoms with Crippen molar-refractivity contribution in [2.45, 2.75) is 38.0 Å². The number of carbonyl (C=O) groups is 1. The fourth-order valence-electron chi connectivity index (χ4n) is 4.14. The van der Waals surface area contributed by atoms with Gasteiger partial charge in [-0.1, -0.05) is 35.6 Å². The SMILES string of the molecule is Cc1cc(C)c2nc(N(CCCN3CCOCC3)C(=O)CCCSc3ccccc3)sc2c1.Cl. The summed E-state index contributed by atoms with van der Waals surface area (Å²) in [6, 6.07) is 14.7. The first-order valence-corrected chi connectivity index (χ1v) is 13.6. The van der Waals surface area contributed by atoms with Crippen molar-refractivity contribution >= 4 is 56.8 Å². The average Bonchev–Trinajstić information content (AvgIpc) is 3.25. The van der Waals surface area contributed by atoms with E-state index in [1.165, 1.54) is 16.0 Å². The Morgan fingerprint density at radius 1 is 1.15 bits per heavy atom. The van der Waals surface area contributed by atoms with Crippen molar-refractivity contribution in [2.24, 2.45) is 0 Å². The highest BCUT2D eigenvalue weighted by atomic mass is 35.5. The van der Waals surface area contributed by atoms with E-state index in [0.717, 1.165) is 66.8 Å². The summed E-state index contributed by atoms with van der Waals surface area (Å²) in [5.74, 6) is 1.12. The van der Waals surface area contributed by atoms with Crippen LogP contribution in [0.5, 0.6) is 0 Å². The summed E-state index contributed by atoms with van der Waals surface area (Å²) in [4.78, 5) is 23.8. The van der Waals surface area contributed by atoms with Crippen LogP contribution in [-0.4, -0.2) is 60.9 Å². The molecule has 0 atom stereocenters. The molecular formula is C26H34ClN3O2S2. The zero-order valence-corrected chi connectivity index (χ0v) is 22.4. The smallest absolute Gasteiger partial charge is 0.228 e. The number of aromatic nitrogens is 1. The molecular weight excluding hydrogens is 486 g/mol. The summed E-state index contributed by atoms with van der Waals surface area (Å²) in [5.41, 5.74) is 3.43. The van der Waals surface area contributed by atoms with E-state index < -0.39 is 0 Å². The number of fused-ring (bicyclic) bond motifs is 1. The highest BCUT2D eigenvalue weighted by Gasteiger charge is 2.21. The minimum atomic E-state index is 0. The number of ether oxygens (including phenoxy) is 1. The first-order chi connectivity index (χ1) is 16.1. The van der Waals surface area contributed by atoms with Gasteiger partial charge >= 0.3 is 0 Å². The van der Waals surface area contributed by atoms with Gasteiger partial charge in [0.15, 0.2) is 5.13 Å². The van der Waals surface area contributed by atoms with Gasteiger partial charge in [-0.15, -0.1) is 24.2 Å². The minimum Gasteiger partial charge on any atom is -0.379 e. The van der Waals surface area contributed by atoms with E-state index in [1.54, 1.807) is 11.3 Å². The summed E-state index contributed by atoms with van der Waals surface area (Å²) >= 11 is 3.45. The Kier molecular flexibility index (Phi) is 10.7. The van der Waals surface area contributed by atoms with Gasteiger partial charge in [0.2, 0.25) is 5.91 Å². The van der Waals surface area contributed by atoms with Crippen LogP contribution in [0.4, 0.5) is 5.13 Å². The van der Waals surface area contributed by atoms with Crippen LogP contribution in [0.1, 0.15) is 30.4 Å². The van der Waals surface area contributed by atoms with Gasteiger partial charge in [0.25, 0.3) is 0 Å². The number of carbonyl (C=O) groups excluding carboxylic acids is 1. The van der Waals surface area contributed by atoms with Crippen molar-refractivity contribution in [1.82, 2.24) is 9.88 Å². The third kappa shape index (κ3) is 7.43. The normalized spacial score (nSPS) is 14.2. The molecule has 1 amide bonds. The van der Waals surface area contributed by atoms with Gasteiger partial charge in [0, 0.05) is 37.5 Å². The molecule has 1 aliphatic rings. The second kappa shape index (κ2) is 13.4. The minimum absolute atomic E-state index is 0. The number of halogens is 1. The maximum absolute atomic E-state index is 13.3. The summed E-state index contributed by atoms with van der Waals surface area (Å²) < 4.78 is 6.62. The van der Waals surface area contributed by atoms with Gasteiger partial charge in [-0.3, -0.25) is 14.6 Å². The summed E-state index contributed by atoms with van der Waals surface area (Å²) in [6.45, 7) is 9.47. The number of rotatable bonds is 10. The lowest BCUT2D eigenvalue weighted by molar-refractivity contribution is -0.118. The number of hydrogen-bond donors (Lipinski definition) is 0. The molecule has 0 spiro atoms. The lowest BCUT2D eigenvalue weighted by Gasteiger charge is -2.27. The van der Waals surface area contributed by atoms with E-state index in [0.29, 0.717) is 13.0 Å². The average molecular weight is 520 g/mol. The topological polar surface area (TPSA) is 45.7 Å². The predicted molar refractivity (Wildman–Crippen MR) is 147 cm³/mol. The fourth-order valence-corrected chi connectivity index (χ4v) is 6.20. The van der Waals surface area contributed by atoms with E-state index in [1.807, 2.05) is 22.7 Å². The monoisotopic (exact) mass is 519 g/mol. The van der Waals surface area contributed by atoms with Crippen LogP contribution in [0.25, 0.3) is 10.2 Å². The van der Waals surface area contributed by atoms with Crippen LogP contribution in [0.3, 0.4) is 0 Å². The molecule has 0 unspecified atom stereocenters. The maximum atomic E-state index is 13.3. The molecule has 0 bridgehead atoms. The number of benzene rings is 2. The van der Waals surface area contributed by atoms with Gasteiger partial charge in [-0.25, -0.2) is 4.98 Å². The second-order valence-corrected chi connectivity index (χ2v) is 10.7. The largest absolute Gasteiger partial charge is 0.379 e. The molecule has 34 heavy (non-hydrogen) atoms. The number of morpholine rings is 1. The molecule has 2 heterocycles. The van der Waals surface area contributed by atoms with Crippen molar-refractivity contribution in [3.05, 3.63) is 53.6 Å². The zero-order valence-electron chi connectivity index (χ0n) is 20.0. The van der Waals surface area contributed by atoms with E-state index in [-0.39, 0.29) is 18.3 Å². The van der Waals surface area contributed by atoms with Crippen molar-refractivity contribution in [3.63, 3.8) is 0 Å². The molecule has 1 saturated heterocycles.